The first-order valence-electron chi connectivity index (χ1n) is 9.29. The second kappa shape index (κ2) is 9.02. The highest BCUT2D eigenvalue weighted by Crippen LogP contribution is 2.36. The van der Waals surface area contributed by atoms with Crippen LogP contribution in [0.4, 0.5) is 43.9 Å². The zero-order chi connectivity index (χ0) is 22.6. The Bertz CT molecular complexity index is 872. The van der Waals surface area contributed by atoms with Crippen molar-refractivity contribution in [3.63, 3.8) is 0 Å². The van der Waals surface area contributed by atoms with Crippen LogP contribution < -0.4 is 19.7 Å². The molecule has 0 amide bonds. The first kappa shape index (κ1) is 22.7. The number of para-hydroxylation sites is 2. The summed E-state index contributed by atoms with van der Waals surface area (Å²) in [4.78, 5) is 13.2. The van der Waals surface area contributed by atoms with E-state index in [4.69, 9.17) is 4.74 Å². The molecule has 0 unspecified atom stereocenters. The maximum atomic E-state index is 12.9. The van der Waals surface area contributed by atoms with Gasteiger partial charge in [0.2, 0.25) is 11.9 Å². The maximum absolute atomic E-state index is 12.9. The Morgan fingerprint density at radius 2 is 1.58 bits per heavy atom. The van der Waals surface area contributed by atoms with Crippen molar-refractivity contribution < 1.29 is 35.8 Å². The van der Waals surface area contributed by atoms with Crippen LogP contribution in [-0.4, -0.2) is 53.6 Å². The lowest BCUT2D eigenvalue weighted by Crippen LogP contribution is -2.47. The Balaban J connectivity index is 1.98. The molecule has 2 heterocycles. The number of methoxy groups -OCH3 is 1. The van der Waals surface area contributed by atoms with E-state index in [1.54, 1.807) is 29.2 Å². The summed E-state index contributed by atoms with van der Waals surface area (Å²) < 4.78 is 87.0. The summed E-state index contributed by atoms with van der Waals surface area (Å²) in [6.45, 7) is 0.999. The van der Waals surface area contributed by atoms with E-state index >= 15 is 0 Å². The zero-order valence-electron chi connectivity index (χ0n) is 16.3. The number of ether oxygens (including phenoxy) is 2. The molecule has 31 heavy (non-hydrogen) atoms. The average Bonchev–Trinajstić information content (AvgIpc) is 2.71. The van der Waals surface area contributed by atoms with Gasteiger partial charge in [0, 0.05) is 13.1 Å². The number of aromatic nitrogens is 3. The number of nitrogens with zero attached hydrogens (tertiary/aromatic N) is 4. The first-order valence-corrected chi connectivity index (χ1v) is 9.29. The van der Waals surface area contributed by atoms with Gasteiger partial charge in [0.25, 0.3) is 6.10 Å². The molecule has 1 aromatic carbocycles. The van der Waals surface area contributed by atoms with E-state index in [0.29, 0.717) is 24.5 Å². The minimum absolute atomic E-state index is 0.0785. The number of benzene rings is 1. The lowest BCUT2D eigenvalue weighted by molar-refractivity contribution is -0.301. The third-order valence-electron chi connectivity index (χ3n) is 4.41. The van der Waals surface area contributed by atoms with E-state index in [0.717, 1.165) is 19.3 Å². The zero-order valence-corrected chi connectivity index (χ0v) is 16.3. The molecule has 0 bridgehead atoms. The quantitative estimate of drug-likeness (QED) is 0.649. The molecule has 0 spiro atoms. The second-order valence-electron chi connectivity index (χ2n) is 6.70. The number of piperidine rings is 1. The average molecular weight is 451 g/mol. The number of hydrogen-bond acceptors (Lipinski definition) is 7. The van der Waals surface area contributed by atoms with Crippen LogP contribution >= 0.6 is 0 Å². The van der Waals surface area contributed by atoms with Gasteiger partial charge in [-0.2, -0.15) is 41.3 Å². The molecule has 13 heteroatoms. The predicted molar refractivity (Wildman–Crippen MR) is 98.7 cm³/mol. The van der Waals surface area contributed by atoms with Crippen LogP contribution in [0.2, 0.25) is 0 Å². The monoisotopic (exact) mass is 451 g/mol. The van der Waals surface area contributed by atoms with Gasteiger partial charge in [-0.15, -0.1) is 0 Å². The van der Waals surface area contributed by atoms with E-state index in [1.165, 1.54) is 7.11 Å². The van der Waals surface area contributed by atoms with E-state index in [2.05, 4.69) is 25.0 Å². The van der Waals surface area contributed by atoms with Crippen molar-refractivity contribution in [1.29, 1.82) is 0 Å². The van der Waals surface area contributed by atoms with Gasteiger partial charge in [0.15, 0.2) is 0 Å². The molecule has 1 aliphatic heterocycles. The van der Waals surface area contributed by atoms with Gasteiger partial charge in [0.1, 0.15) is 5.75 Å². The lowest BCUT2D eigenvalue weighted by atomic mass is 10.1. The lowest BCUT2D eigenvalue weighted by Gasteiger charge is -2.27. The summed E-state index contributed by atoms with van der Waals surface area (Å²) >= 11 is 0. The smallest absolute Gasteiger partial charge is 0.434 e. The minimum Gasteiger partial charge on any atom is -0.495 e. The molecule has 0 radical (unpaired) electrons. The third-order valence-corrected chi connectivity index (χ3v) is 4.41. The molecule has 0 atom stereocenters. The summed E-state index contributed by atoms with van der Waals surface area (Å²) in [7, 11) is 1.40. The third kappa shape index (κ3) is 5.79. The van der Waals surface area contributed by atoms with Gasteiger partial charge in [-0.05, 0) is 31.4 Å². The Hall–Kier alpha value is -2.99. The van der Waals surface area contributed by atoms with Crippen molar-refractivity contribution in [3.05, 3.63) is 24.3 Å². The van der Waals surface area contributed by atoms with E-state index in [-0.39, 0.29) is 11.9 Å². The highest BCUT2D eigenvalue weighted by Gasteiger charge is 2.59. The molecule has 1 fully saturated rings. The Kier molecular flexibility index (Phi) is 6.60. The number of halogens is 6. The summed E-state index contributed by atoms with van der Waals surface area (Å²) in [5, 5.41) is 2.74. The van der Waals surface area contributed by atoms with Crippen LogP contribution in [0.3, 0.4) is 0 Å². The molecular formula is C18H19F6N5O2. The van der Waals surface area contributed by atoms with Crippen molar-refractivity contribution in [1.82, 2.24) is 15.0 Å². The maximum Gasteiger partial charge on any atom is 0.434 e. The molecule has 7 nitrogen and oxygen atoms in total. The molecule has 0 saturated carbocycles. The molecule has 3 rings (SSSR count). The summed E-state index contributed by atoms with van der Waals surface area (Å²) in [5.74, 6) is 0.0109. The Labute approximate surface area is 173 Å². The summed E-state index contributed by atoms with van der Waals surface area (Å²) in [5.41, 5.74) is 0.356. The van der Waals surface area contributed by atoms with Crippen LogP contribution in [0, 0.1) is 0 Å². The fourth-order valence-electron chi connectivity index (χ4n) is 2.98. The largest absolute Gasteiger partial charge is 0.495 e. The van der Waals surface area contributed by atoms with Crippen LogP contribution in [0.5, 0.6) is 11.8 Å². The molecule has 0 aliphatic carbocycles. The van der Waals surface area contributed by atoms with Crippen LogP contribution in [0.15, 0.2) is 24.3 Å². The van der Waals surface area contributed by atoms with Gasteiger partial charge in [-0.3, -0.25) is 0 Å². The van der Waals surface area contributed by atoms with Gasteiger partial charge in [0.05, 0.1) is 12.8 Å². The van der Waals surface area contributed by atoms with Crippen LogP contribution in [0.25, 0.3) is 0 Å². The highest BCUT2D eigenvalue weighted by molar-refractivity contribution is 5.62. The number of nitrogens with one attached hydrogen (secondary N) is 1. The number of alkyl halides is 6. The van der Waals surface area contributed by atoms with Gasteiger partial charge in [-0.25, -0.2) is 0 Å². The minimum atomic E-state index is -5.70. The van der Waals surface area contributed by atoms with E-state index in [1.807, 2.05) is 0 Å². The van der Waals surface area contributed by atoms with Crippen LogP contribution in [0.1, 0.15) is 19.3 Å². The Morgan fingerprint density at radius 1 is 0.935 bits per heavy atom. The fraction of sp³-hybridized carbons (Fsp3) is 0.500. The standard InChI is InChI=1S/C18H19F6N5O2/c1-30-12-8-4-3-7-11(12)25-14-26-15(29-9-5-2-6-10-29)28-16(27-14)31-13(17(19,20)21)18(22,23)24/h3-4,7-8,13H,2,5-6,9-10H2,1H3,(H,25,26,27,28). The van der Waals surface area contributed by atoms with Gasteiger partial charge >= 0.3 is 18.4 Å². The normalized spacial score (nSPS) is 15.2. The van der Waals surface area contributed by atoms with Crippen molar-refractivity contribution in [2.75, 3.05) is 30.4 Å². The number of anilines is 3. The Morgan fingerprint density at radius 3 is 2.19 bits per heavy atom. The second-order valence-corrected chi connectivity index (χ2v) is 6.70. The molecule has 170 valence electrons. The van der Waals surface area contributed by atoms with E-state index in [9.17, 15) is 26.3 Å². The first-order chi connectivity index (χ1) is 14.6. The topological polar surface area (TPSA) is 72.4 Å². The molecule has 1 aliphatic rings. The molecule has 1 N–H and O–H groups in total. The SMILES string of the molecule is COc1ccccc1Nc1nc(OC(C(F)(F)F)C(F)(F)F)nc(N2CCCCC2)n1. The van der Waals surface area contributed by atoms with Crippen molar-refractivity contribution in [2.24, 2.45) is 0 Å². The van der Waals surface area contributed by atoms with Gasteiger partial charge < -0.3 is 19.7 Å². The van der Waals surface area contributed by atoms with Crippen molar-refractivity contribution in [3.8, 4) is 11.8 Å². The van der Waals surface area contributed by atoms with E-state index < -0.39 is 24.5 Å². The number of hydrogen-bond donors (Lipinski definition) is 1. The predicted octanol–water partition coefficient (Wildman–Crippen LogP) is 4.49. The van der Waals surface area contributed by atoms with Gasteiger partial charge in [-0.1, -0.05) is 12.1 Å². The summed E-state index contributed by atoms with van der Waals surface area (Å²) in [6, 6.07) is 5.43. The van der Waals surface area contributed by atoms with Crippen molar-refractivity contribution in [2.45, 2.75) is 37.7 Å². The molecule has 2 aromatic rings. The highest BCUT2D eigenvalue weighted by atomic mass is 19.4. The molecular weight excluding hydrogens is 432 g/mol. The van der Waals surface area contributed by atoms with Crippen molar-refractivity contribution >= 4 is 17.6 Å². The molecule has 1 saturated heterocycles. The number of rotatable bonds is 6. The fourth-order valence-corrected chi connectivity index (χ4v) is 2.98. The summed E-state index contributed by atoms with van der Waals surface area (Å²) in [6.07, 6.45) is -13.0. The van der Waals surface area contributed by atoms with Crippen LogP contribution in [-0.2, 0) is 0 Å². The molecule has 1 aromatic heterocycles.